The summed E-state index contributed by atoms with van der Waals surface area (Å²) in [7, 11) is -1.84. The summed E-state index contributed by atoms with van der Waals surface area (Å²) in [5, 5.41) is 3.66. The summed E-state index contributed by atoms with van der Waals surface area (Å²) in [5.74, 6) is 0.269. The summed E-state index contributed by atoms with van der Waals surface area (Å²) in [6, 6.07) is 14.0. The highest BCUT2D eigenvalue weighted by molar-refractivity contribution is 7.88. The number of anilines is 1. The quantitative estimate of drug-likeness (QED) is 0.539. The van der Waals surface area contributed by atoms with E-state index in [1.165, 1.54) is 6.08 Å². The van der Waals surface area contributed by atoms with E-state index >= 15 is 0 Å². The molecule has 3 aromatic rings. The van der Waals surface area contributed by atoms with Crippen molar-refractivity contribution in [2.24, 2.45) is 0 Å². The number of carbonyl (C=O) groups excluding carboxylic acids is 1. The van der Waals surface area contributed by atoms with Crippen LogP contribution in [0.3, 0.4) is 0 Å². The molecule has 1 amide bonds. The van der Waals surface area contributed by atoms with E-state index in [9.17, 15) is 13.2 Å². The topological polar surface area (TPSA) is 97.4 Å². The first kappa shape index (κ1) is 21.5. The molecule has 8 heteroatoms. The molecule has 0 atom stereocenters. The number of sulfonamides is 1. The summed E-state index contributed by atoms with van der Waals surface area (Å²) in [6.07, 6.45) is 1.48. The lowest BCUT2D eigenvalue weighted by Gasteiger charge is -2.10. The summed E-state index contributed by atoms with van der Waals surface area (Å²) < 4.78 is 31.5. The number of benzene rings is 2. The van der Waals surface area contributed by atoms with E-state index in [1.54, 1.807) is 44.4 Å². The Hall–Kier alpha value is -3.23. The Morgan fingerprint density at radius 1 is 1.17 bits per heavy atom. The standard InChI is InChI=1S/C22H23N3O4S/c1-4-11-23-30(27,28)14-16-5-8-18(9-6-16)25-22(26)20-12-17-7-10-19(29-3)13-21(17)24-15(20)2/h4-10,12-13,23H,1,11,14H2,2-3H3,(H,25,26). The van der Waals surface area contributed by atoms with Gasteiger partial charge >= 0.3 is 0 Å². The largest absolute Gasteiger partial charge is 0.497 e. The molecule has 7 nitrogen and oxygen atoms in total. The van der Waals surface area contributed by atoms with Gasteiger partial charge in [0.2, 0.25) is 10.0 Å². The molecule has 0 bridgehead atoms. The number of nitrogens with zero attached hydrogens (tertiary/aromatic N) is 1. The van der Waals surface area contributed by atoms with Gasteiger partial charge in [-0.25, -0.2) is 13.1 Å². The molecule has 2 aromatic carbocycles. The van der Waals surface area contributed by atoms with Crippen LogP contribution in [0, 0.1) is 6.92 Å². The van der Waals surface area contributed by atoms with Crippen LogP contribution in [0.5, 0.6) is 5.75 Å². The molecular formula is C22H23N3O4S. The number of ether oxygens (including phenoxy) is 1. The maximum atomic E-state index is 12.7. The molecule has 1 heterocycles. The van der Waals surface area contributed by atoms with Gasteiger partial charge in [0.1, 0.15) is 5.75 Å². The fraction of sp³-hybridized carbons (Fsp3) is 0.182. The maximum Gasteiger partial charge on any atom is 0.257 e. The molecule has 0 saturated heterocycles. The number of pyridine rings is 1. The van der Waals surface area contributed by atoms with Gasteiger partial charge in [-0.1, -0.05) is 18.2 Å². The van der Waals surface area contributed by atoms with Crippen molar-refractivity contribution < 1.29 is 17.9 Å². The van der Waals surface area contributed by atoms with E-state index in [2.05, 4.69) is 21.6 Å². The van der Waals surface area contributed by atoms with E-state index in [-0.39, 0.29) is 18.2 Å². The van der Waals surface area contributed by atoms with Crippen molar-refractivity contribution in [3.8, 4) is 5.75 Å². The third-order valence-corrected chi connectivity index (χ3v) is 5.80. The van der Waals surface area contributed by atoms with Crippen LogP contribution in [0.2, 0.25) is 0 Å². The Kier molecular flexibility index (Phi) is 6.49. The van der Waals surface area contributed by atoms with Crippen molar-refractivity contribution in [2.75, 3.05) is 19.0 Å². The highest BCUT2D eigenvalue weighted by atomic mass is 32.2. The zero-order valence-corrected chi connectivity index (χ0v) is 17.6. The Labute approximate surface area is 175 Å². The number of hydrogen-bond donors (Lipinski definition) is 2. The molecule has 156 valence electrons. The van der Waals surface area contributed by atoms with Gasteiger partial charge in [-0.2, -0.15) is 0 Å². The van der Waals surface area contributed by atoms with Crippen molar-refractivity contribution in [1.29, 1.82) is 0 Å². The molecule has 30 heavy (non-hydrogen) atoms. The molecule has 0 aliphatic heterocycles. The number of rotatable bonds is 8. The fourth-order valence-electron chi connectivity index (χ4n) is 2.94. The highest BCUT2D eigenvalue weighted by Gasteiger charge is 2.14. The van der Waals surface area contributed by atoms with Crippen LogP contribution in [0.15, 0.2) is 61.2 Å². The van der Waals surface area contributed by atoms with Crippen molar-refractivity contribution >= 4 is 32.5 Å². The van der Waals surface area contributed by atoms with Crippen molar-refractivity contribution in [3.05, 3.63) is 78.0 Å². The van der Waals surface area contributed by atoms with Gasteiger partial charge < -0.3 is 10.1 Å². The number of fused-ring (bicyclic) bond motifs is 1. The molecule has 2 N–H and O–H groups in total. The van der Waals surface area contributed by atoms with Crippen molar-refractivity contribution in [3.63, 3.8) is 0 Å². The molecule has 0 saturated carbocycles. The van der Waals surface area contributed by atoms with Gasteiger partial charge in [-0.05, 0) is 42.8 Å². The molecule has 0 spiro atoms. The Morgan fingerprint density at radius 2 is 1.90 bits per heavy atom. The Morgan fingerprint density at radius 3 is 2.57 bits per heavy atom. The monoisotopic (exact) mass is 425 g/mol. The summed E-state index contributed by atoms with van der Waals surface area (Å²) in [6.45, 7) is 5.45. The smallest absolute Gasteiger partial charge is 0.257 e. The zero-order chi connectivity index (χ0) is 21.7. The van der Waals surface area contributed by atoms with Crippen LogP contribution in [0.4, 0.5) is 5.69 Å². The second-order valence-electron chi connectivity index (χ2n) is 6.73. The lowest BCUT2D eigenvalue weighted by Crippen LogP contribution is -2.25. The van der Waals surface area contributed by atoms with Crippen LogP contribution in [-0.2, 0) is 15.8 Å². The number of aryl methyl sites for hydroxylation is 1. The van der Waals surface area contributed by atoms with E-state index in [4.69, 9.17) is 4.74 Å². The average molecular weight is 426 g/mol. The average Bonchev–Trinajstić information content (AvgIpc) is 2.72. The Bertz CT molecular complexity index is 1190. The van der Waals surface area contributed by atoms with Crippen LogP contribution in [0.1, 0.15) is 21.6 Å². The predicted octanol–water partition coefficient (Wildman–Crippen LogP) is 3.41. The minimum absolute atomic E-state index is 0.147. The predicted molar refractivity (Wildman–Crippen MR) is 118 cm³/mol. The number of aromatic nitrogens is 1. The summed E-state index contributed by atoms with van der Waals surface area (Å²) in [5.41, 5.74) is 2.99. The molecule has 0 aliphatic rings. The third kappa shape index (κ3) is 5.22. The molecular weight excluding hydrogens is 402 g/mol. The molecule has 1 aromatic heterocycles. The van der Waals surface area contributed by atoms with Crippen LogP contribution < -0.4 is 14.8 Å². The van der Waals surface area contributed by atoms with Gasteiger partial charge in [-0.3, -0.25) is 9.78 Å². The molecule has 0 fully saturated rings. The van der Waals surface area contributed by atoms with Gasteiger partial charge in [-0.15, -0.1) is 6.58 Å². The Balaban J connectivity index is 1.74. The third-order valence-electron chi connectivity index (χ3n) is 4.48. The lowest BCUT2D eigenvalue weighted by molar-refractivity contribution is 0.102. The number of hydrogen-bond acceptors (Lipinski definition) is 5. The molecule has 0 radical (unpaired) electrons. The van der Waals surface area contributed by atoms with E-state index in [0.717, 1.165) is 10.9 Å². The van der Waals surface area contributed by atoms with Crippen LogP contribution in [-0.4, -0.2) is 33.0 Å². The lowest BCUT2D eigenvalue weighted by atomic mass is 10.1. The van der Waals surface area contributed by atoms with Gasteiger partial charge in [0, 0.05) is 23.7 Å². The number of amides is 1. The highest BCUT2D eigenvalue weighted by Crippen LogP contribution is 2.22. The SMILES string of the molecule is C=CCNS(=O)(=O)Cc1ccc(NC(=O)c2cc3ccc(OC)cc3nc2C)cc1. The number of methoxy groups -OCH3 is 1. The van der Waals surface area contributed by atoms with E-state index < -0.39 is 10.0 Å². The molecule has 0 unspecified atom stereocenters. The van der Waals surface area contributed by atoms with Crippen LogP contribution in [0.25, 0.3) is 10.9 Å². The minimum atomic E-state index is -3.43. The molecule has 0 aliphatic carbocycles. The van der Waals surface area contributed by atoms with Crippen molar-refractivity contribution in [2.45, 2.75) is 12.7 Å². The number of carbonyl (C=O) groups is 1. The minimum Gasteiger partial charge on any atom is -0.497 e. The van der Waals surface area contributed by atoms with E-state index in [0.29, 0.717) is 28.3 Å². The zero-order valence-electron chi connectivity index (χ0n) is 16.8. The van der Waals surface area contributed by atoms with Crippen LogP contribution >= 0.6 is 0 Å². The van der Waals surface area contributed by atoms with Gasteiger partial charge in [0.15, 0.2) is 0 Å². The summed E-state index contributed by atoms with van der Waals surface area (Å²) >= 11 is 0. The van der Waals surface area contributed by atoms with Gasteiger partial charge in [0.25, 0.3) is 5.91 Å². The number of nitrogens with one attached hydrogen (secondary N) is 2. The van der Waals surface area contributed by atoms with Gasteiger partial charge in [0.05, 0.1) is 29.6 Å². The van der Waals surface area contributed by atoms with Crippen molar-refractivity contribution in [1.82, 2.24) is 9.71 Å². The fourth-order valence-corrected chi connectivity index (χ4v) is 4.04. The second kappa shape index (κ2) is 9.06. The first-order valence-corrected chi connectivity index (χ1v) is 10.9. The normalized spacial score (nSPS) is 11.3. The first-order chi connectivity index (χ1) is 14.3. The van der Waals surface area contributed by atoms with E-state index in [1.807, 2.05) is 18.2 Å². The molecule has 3 rings (SSSR count). The second-order valence-corrected chi connectivity index (χ2v) is 8.53. The first-order valence-electron chi connectivity index (χ1n) is 9.25. The maximum absolute atomic E-state index is 12.7. The summed E-state index contributed by atoms with van der Waals surface area (Å²) in [4.78, 5) is 17.2.